The van der Waals surface area contributed by atoms with Gasteiger partial charge in [0.25, 0.3) is 0 Å². The topological polar surface area (TPSA) is 149 Å². The van der Waals surface area contributed by atoms with Crippen molar-refractivity contribution in [2.24, 2.45) is 0 Å². The third kappa shape index (κ3) is 36.0. The van der Waals surface area contributed by atoms with Crippen molar-refractivity contribution in [3.63, 3.8) is 0 Å². The van der Waals surface area contributed by atoms with Gasteiger partial charge in [0.2, 0.25) is 5.91 Å². The summed E-state index contributed by atoms with van der Waals surface area (Å²) in [6, 6.07) is -0.819. The second-order valence-corrected chi connectivity index (χ2v) is 17.2. The molecule has 0 radical (unpaired) electrons. The zero-order valence-electron chi connectivity index (χ0n) is 41.6. The Morgan fingerprint density at radius 2 is 0.925 bits per heavy atom. The zero-order valence-corrected chi connectivity index (χ0v) is 41.6. The number of carbonyl (C=O) groups excluding carboxylic acids is 1. The summed E-state index contributed by atoms with van der Waals surface area (Å²) in [5.41, 5.74) is 0. The van der Waals surface area contributed by atoms with Crippen LogP contribution < -0.4 is 5.32 Å². The normalized spacial score (nSPS) is 20.9. The number of rotatable bonds is 41. The number of hydrogen-bond acceptors (Lipinski definition) is 8. The van der Waals surface area contributed by atoms with Crippen LogP contribution in [0.15, 0.2) is 134 Å². The third-order valence-electron chi connectivity index (χ3n) is 11.2. The third-order valence-corrected chi connectivity index (χ3v) is 11.2. The van der Waals surface area contributed by atoms with E-state index in [9.17, 15) is 30.3 Å². The standard InChI is InChI=1S/C58H93NO8/c1-3-5-7-9-11-12-13-14-15-16-17-18-19-20-21-22-23-24-25-26-27-28-29-30-31-32-33-34-35-36-37-38-39-40-42-44-46-48-54(62)59-51(52(61)47-45-43-41-10-8-6-4-2)50-66-58-57(65)56(64)55(63)53(49-60)67-58/h5,7,11-12,14-15,17-18,20-21,23-24,26-27,29-30,32-33,35-36,45,47,51-53,55-58,60-61,63-65H,3-4,6,8-10,13,16,19,22,25,28,31,34,37-44,46,48-50H2,1-2H3,(H,59,62)/b7-5-,12-11-,15-14-,18-17-,21-20-,24-23-,27-26-,30-29-,33-32-,36-35-,47-45+. The molecule has 1 fully saturated rings. The molecule has 1 aliphatic heterocycles. The van der Waals surface area contributed by atoms with Crippen molar-refractivity contribution in [1.29, 1.82) is 0 Å². The predicted molar refractivity (Wildman–Crippen MR) is 280 cm³/mol. The first-order valence-electron chi connectivity index (χ1n) is 25.9. The SMILES string of the molecule is CC/C=C\C/C=C\C/C=C\C/C=C\C/C=C\C/C=C\C/C=C\C/C=C\C/C=C\C/C=C\CCCCCCCCC(=O)NC(COC1OC(CO)C(O)C(O)C1O)C(O)/C=C/CCCCCCC. The molecule has 7 atom stereocenters. The van der Waals surface area contributed by atoms with Gasteiger partial charge in [-0.25, -0.2) is 0 Å². The second kappa shape index (κ2) is 46.1. The average Bonchev–Trinajstić information content (AvgIpc) is 3.33. The van der Waals surface area contributed by atoms with Crippen LogP contribution in [0.3, 0.4) is 0 Å². The number of amides is 1. The fourth-order valence-corrected chi connectivity index (χ4v) is 7.12. The van der Waals surface area contributed by atoms with Crippen LogP contribution in [-0.4, -0.2) is 87.5 Å². The summed E-state index contributed by atoms with van der Waals surface area (Å²) in [6.45, 7) is 3.56. The van der Waals surface area contributed by atoms with E-state index in [4.69, 9.17) is 9.47 Å². The molecule has 1 rings (SSSR count). The van der Waals surface area contributed by atoms with Gasteiger partial charge >= 0.3 is 0 Å². The van der Waals surface area contributed by atoms with Gasteiger partial charge in [0.15, 0.2) is 6.29 Å². The lowest BCUT2D eigenvalue weighted by Crippen LogP contribution is -2.60. The number of aliphatic hydroxyl groups is 5. The van der Waals surface area contributed by atoms with Crippen molar-refractivity contribution in [3.05, 3.63) is 134 Å². The lowest BCUT2D eigenvalue weighted by molar-refractivity contribution is -0.302. The van der Waals surface area contributed by atoms with E-state index in [1.807, 2.05) is 6.08 Å². The molecule has 1 saturated heterocycles. The molecule has 0 aromatic rings. The second-order valence-electron chi connectivity index (χ2n) is 17.2. The van der Waals surface area contributed by atoms with Gasteiger partial charge < -0.3 is 40.3 Å². The van der Waals surface area contributed by atoms with Gasteiger partial charge in [-0.15, -0.1) is 0 Å². The van der Waals surface area contributed by atoms with Crippen molar-refractivity contribution < 1.29 is 39.8 Å². The maximum atomic E-state index is 12.9. The van der Waals surface area contributed by atoms with Crippen molar-refractivity contribution in [1.82, 2.24) is 5.32 Å². The summed E-state index contributed by atoms with van der Waals surface area (Å²) in [7, 11) is 0. The molecule has 0 aromatic carbocycles. The van der Waals surface area contributed by atoms with E-state index < -0.39 is 49.5 Å². The van der Waals surface area contributed by atoms with Crippen LogP contribution in [0.4, 0.5) is 0 Å². The molecule has 9 heteroatoms. The van der Waals surface area contributed by atoms with Crippen LogP contribution in [0.2, 0.25) is 0 Å². The molecule has 1 heterocycles. The monoisotopic (exact) mass is 932 g/mol. The summed E-state index contributed by atoms with van der Waals surface area (Å²) < 4.78 is 11.1. The van der Waals surface area contributed by atoms with Crippen molar-refractivity contribution in [2.75, 3.05) is 13.2 Å². The van der Waals surface area contributed by atoms with E-state index in [-0.39, 0.29) is 12.5 Å². The van der Waals surface area contributed by atoms with Crippen LogP contribution in [0.1, 0.15) is 168 Å². The number of carbonyl (C=O) groups is 1. The Morgan fingerprint density at radius 1 is 0.522 bits per heavy atom. The number of nitrogens with one attached hydrogen (secondary N) is 1. The van der Waals surface area contributed by atoms with Crippen LogP contribution in [-0.2, 0) is 14.3 Å². The molecular weight excluding hydrogens is 839 g/mol. The Morgan fingerprint density at radius 3 is 1.37 bits per heavy atom. The fourth-order valence-electron chi connectivity index (χ4n) is 7.12. The van der Waals surface area contributed by atoms with Gasteiger partial charge in [0.1, 0.15) is 24.4 Å². The predicted octanol–water partition coefficient (Wildman–Crippen LogP) is 12.2. The summed E-state index contributed by atoms with van der Waals surface area (Å²) in [6.07, 6.45) is 64.0. The number of aliphatic hydroxyl groups excluding tert-OH is 5. The smallest absolute Gasteiger partial charge is 0.220 e. The highest BCUT2D eigenvalue weighted by Gasteiger charge is 2.44. The highest BCUT2D eigenvalue weighted by molar-refractivity contribution is 5.76. The van der Waals surface area contributed by atoms with Gasteiger partial charge in [0, 0.05) is 6.42 Å². The Hall–Kier alpha value is -3.67. The van der Waals surface area contributed by atoms with E-state index in [0.29, 0.717) is 6.42 Å². The van der Waals surface area contributed by atoms with Crippen LogP contribution in [0, 0.1) is 0 Å². The molecule has 1 aliphatic rings. The van der Waals surface area contributed by atoms with Gasteiger partial charge in [-0.05, 0) is 96.3 Å². The molecule has 1 amide bonds. The molecule has 0 aliphatic carbocycles. The summed E-state index contributed by atoms with van der Waals surface area (Å²) >= 11 is 0. The summed E-state index contributed by atoms with van der Waals surface area (Å²) in [4.78, 5) is 12.9. The van der Waals surface area contributed by atoms with Crippen molar-refractivity contribution in [3.8, 4) is 0 Å². The Labute approximate surface area is 407 Å². The van der Waals surface area contributed by atoms with E-state index in [1.54, 1.807) is 6.08 Å². The number of hydrogen-bond donors (Lipinski definition) is 6. The number of unbranched alkanes of at least 4 members (excludes halogenated alkanes) is 11. The van der Waals surface area contributed by atoms with Crippen molar-refractivity contribution >= 4 is 5.91 Å². The first kappa shape index (κ1) is 61.3. The summed E-state index contributed by atoms with van der Waals surface area (Å²) in [5.74, 6) is -0.204. The molecule has 6 N–H and O–H groups in total. The Kier molecular flexibility index (Phi) is 42.2. The van der Waals surface area contributed by atoms with E-state index in [0.717, 1.165) is 128 Å². The maximum absolute atomic E-state index is 12.9. The Balaban J connectivity index is 2.15. The van der Waals surface area contributed by atoms with E-state index >= 15 is 0 Å². The molecule has 0 saturated carbocycles. The zero-order chi connectivity index (χ0) is 48.7. The highest BCUT2D eigenvalue weighted by atomic mass is 16.7. The van der Waals surface area contributed by atoms with Crippen molar-refractivity contribution in [2.45, 2.75) is 211 Å². The van der Waals surface area contributed by atoms with Crippen LogP contribution in [0.5, 0.6) is 0 Å². The highest BCUT2D eigenvalue weighted by Crippen LogP contribution is 2.22. The first-order valence-corrected chi connectivity index (χ1v) is 25.9. The minimum absolute atomic E-state index is 0.204. The molecule has 0 aromatic heterocycles. The molecule has 0 spiro atoms. The van der Waals surface area contributed by atoms with Gasteiger partial charge in [-0.2, -0.15) is 0 Å². The summed E-state index contributed by atoms with van der Waals surface area (Å²) in [5, 5.41) is 53.9. The lowest BCUT2D eigenvalue weighted by Gasteiger charge is -2.40. The van der Waals surface area contributed by atoms with Gasteiger partial charge in [-0.1, -0.05) is 199 Å². The van der Waals surface area contributed by atoms with Gasteiger partial charge in [0.05, 0.1) is 25.4 Å². The van der Waals surface area contributed by atoms with E-state index in [1.165, 1.54) is 19.3 Å². The largest absolute Gasteiger partial charge is 0.394 e. The van der Waals surface area contributed by atoms with E-state index in [2.05, 4.69) is 141 Å². The fraction of sp³-hybridized carbons (Fsp3) is 0.603. The van der Waals surface area contributed by atoms with Gasteiger partial charge in [-0.3, -0.25) is 4.79 Å². The van der Waals surface area contributed by atoms with Crippen LogP contribution >= 0.6 is 0 Å². The average molecular weight is 932 g/mol. The minimum atomic E-state index is -1.57. The number of ether oxygens (including phenoxy) is 2. The molecular formula is C58H93NO8. The quantitative estimate of drug-likeness (QED) is 0.0262. The number of allylic oxidation sites excluding steroid dienone is 21. The molecule has 9 nitrogen and oxygen atoms in total. The Bertz CT molecular complexity index is 1500. The van der Waals surface area contributed by atoms with Crippen LogP contribution in [0.25, 0.3) is 0 Å². The minimum Gasteiger partial charge on any atom is -0.394 e. The molecule has 0 bridgehead atoms. The molecule has 378 valence electrons. The molecule has 7 unspecified atom stereocenters. The lowest BCUT2D eigenvalue weighted by atomic mass is 9.99. The maximum Gasteiger partial charge on any atom is 0.220 e. The molecule has 67 heavy (non-hydrogen) atoms. The first-order chi connectivity index (χ1) is 32.8.